The molecule has 0 unspecified atom stereocenters. The van der Waals surface area contributed by atoms with Crippen LogP contribution in [0.15, 0.2) is 60.8 Å². The second-order valence-electron chi connectivity index (χ2n) is 10.1. The van der Waals surface area contributed by atoms with Crippen LogP contribution in [-0.4, -0.2) is 47.2 Å². The zero-order valence-corrected chi connectivity index (χ0v) is 22.4. The van der Waals surface area contributed by atoms with Crippen molar-refractivity contribution in [1.29, 1.82) is 0 Å². The number of amides is 2. The molecule has 2 aromatic carbocycles. The number of rotatable bonds is 9. The molecule has 2 atom stereocenters. The Balaban J connectivity index is 1.68. The van der Waals surface area contributed by atoms with Gasteiger partial charge in [-0.1, -0.05) is 48.5 Å². The summed E-state index contributed by atoms with van der Waals surface area (Å²) in [5.74, 6) is -1.36. The number of para-hydroxylation sites is 1. The van der Waals surface area contributed by atoms with E-state index in [-0.39, 0.29) is 31.2 Å². The third-order valence-corrected chi connectivity index (χ3v) is 5.89. The lowest BCUT2D eigenvalue weighted by Gasteiger charge is -2.19. The first-order chi connectivity index (χ1) is 18.0. The molecule has 2 N–H and O–H groups in total. The summed E-state index contributed by atoms with van der Waals surface area (Å²) in [6.45, 7) is 7.21. The summed E-state index contributed by atoms with van der Waals surface area (Å²) in [4.78, 5) is 50.4. The van der Waals surface area contributed by atoms with E-state index in [9.17, 15) is 19.2 Å². The topological polar surface area (TPSA) is 116 Å². The molecule has 1 aromatic heterocycles. The van der Waals surface area contributed by atoms with Crippen LogP contribution in [0.3, 0.4) is 0 Å². The highest BCUT2D eigenvalue weighted by Gasteiger charge is 2.26. The number of fused-ring (bicyclic) bond motifs is 1. The molecule has 1 heterocycles. The van der Waals surface area contributed by atoms with E-state index in [0.29, 0.717) is 11.1 Å². The Morgan fingerprint density at radius 3 is 2.13 bits per heavy atom. The minimum atomic E-state index is -1.00. The fraction of sp³-hybridized carbons (Fsp3) is 0.379. The van der Waals surface area contributed by atoms with Gasteiger partial charge in [0.05, 0.1) is 18.7 Å². The zero-order valence-electron chi connectivity index (χ0n) is 22.4. The normalized spacial score (nSPS) is 12.9. The molecule has 38 heavy (non-hydrogen) atoms. The van der Waals surface area contributed by atoms with Crippen molar-refractivity contribution in [2.75, 3.05) is 7.11 Å². The quantitative estimate of drug-likeness (QED) is 0.406. The number of aromatic nitrogens is 1. The number of nitrogens with one attached hydrogen (secondary N) is 2. The van der Waals surface area contributed by atoms with E-state index in [2.05, 4.69) is 10.6 Å². The Morgan fingerprint density at radius 1 is 0.895 bits per heavy atom. The molecular weight excluding hydrogens is 486 g/mol. The van der Waals surface area contributed by atoms with Crippen LogP contribution in [0.25, 0.3) is 10.9 Å². The van der Waals surface area contributed by atoms with E-state index in [1.54, 1.807) is 39.1 Å². The highest BCUT2D eigenvalue weighted by Crippen LogP contribution is 2.24. The fourth-order valence-corrected chi connectivity index (χ4v) is 4.06. The minimum Gasteiger partial charge on any atom is -0.467 e. The summed E-state index contributed by atoms with van der Waals surface area (Å²) in [5.41, 5.74) is 1.56. The first-order valence-corrected chi connectivity index (χ1v) is 12.5. The Hall–Kier alpha value is -4.14. The predicted molar refractivity (Wildman–Crippen MR) is 143 cm³/mol. The van der Waals surface area contributed by atoms with Crippen LogP contribution >= 0.6 is 0 Å². The summed E-state index contributed by atoms with van der Waals surface area (Å²) in [6, 6.07) is 15.6. The summed E-state index contributed by atoms with van der Waals surface area (Å²) in [6.07, 6.45) is 1.02. The van der Waals surface area contributed by atoms with Crippen molar-refractivity contribution >= 4 is 34.8 Å². The monoisotopic (exact) mass is 521 g/mol. The van der Waals surface area contributed by atoms with Gasteiger partial charge in [0.15, 0.2) is 0 Å². The second-order valence-corrected chi connectivity index (χ2v) is 10.1. The van der Waals surface area contributed by atoms with Gasteiger partial charge in [-0.05, 0) is 44.9 Å². The van der Waals surface area contributed by atoms with Crippen molar-refractivity contribution in [3.63, 3.8) is 0 Å². The average molecular weight is 522 g/mol. The number of methoxy groups -OCH3 is 1. The molecule has 0 aliphatic rings. The molecular formula is C29H35N3O6. The Kier molecular flexibility index (Phi) is 9.28. The van der Waals surface area contributed by atoms with Crippen LogP contribution in [0.1, 0.15) is 57.7 Å². The van der Waals surface area contributed by atoms with Crippen molar-refractivity contribution in [3.05, 3.63) is 71.9 Å². The van der Waals surface area contributed by atoms with Crippen LogP contribution in [0.2, 0.25) is 0 Å². The van der Waals surface area contributed by atoms with Crippen LogP contribution in [0, 0.1) is 0 Å². The molecule has 0 saturated heterocycles. The number of esters is 1. The number of hydrogen-bond donors (Lipinski definition) is 2. The number of carbonyl (C=O) groups excluding carboxylic acids is 4. The molecule has 2 amide bonds. The first kappa shape index (κ1) is 28.4. The van der Waals surface area contributed by atoms with Crippen molar-refractivity contribution < 1.29 is 28.7 Å². The molecule has 9 heteroatoms. The molecule has 0 fully saturated rings. The van der Waals surface area contributed by atoms with Crippen LogP contribution in [0.5, 0.6) is 0 Å². The van der Waals surface area contributed by atoms with Crippen molar-refractivity contribution in [2.45, 2.75) is 64.6 Å². The van der Waals surface area contributed by atoms with E-state index in [1.165, 1.54) is 11.7 Å². The molecule has 0 aliphatic heterocycles. The largest absolute Gasteiger partial charge is 0.467 e. The number of benzene rings is 2. The second kappa shape index (κ2) is 12.4. The van der Waals surface area contributed by atoms with E-state index >= 15 is 0 Å². The molecule has 3 aromatic rings. The standard InChI is InChI=1S/C29H35N3O6/c1-19(20-11-7-6-8-12-20)30-25(33)15-16-26(34)31-23(27(35)37-5)17-21-18-32(28(36)38-29(2,3)4)24-14-10-9-13-22(21)24/h6-14,18-19,23H,15-17H2,1-5H3,(H,30,33)(H,31,34)/t19-,23-/m1/s1. The highest BCUT2D eigenvalue weighted by molar-refractivity contribution is 5.93. The maximum Gasteiger partial charge on any atom is 0.419 e. The molecule has 0 saturated carbocycles. The zero-order chi connectivity index (χ0) is 27.9. The van der Waals surface area contributed by atoms with Crippen molar-refractivity contribution in [1.82, 2.24) is 15.2 Å². The molecule has 9 nitrogen and oxygen atoms in total. The lowest BCUT2D eigenvalue weighted by molar-refractivity contribution is -0.145. The van der Waals surface area contributed by atoms with E-state index in [1.807, 2.05) is 49.4 Å². The number of carbonyl (C=O) groups is 4. The molecule has 0 spiro atoms. The van der Waals surface area contributed by atoms with E-state index in [0.717, 1.165) is 10.9 Å². The summed E-state index contributed by atoms with van der Waals surface area (Å²) in [7, 11) is 1.24. The van der Waals surface area contributed by atoms with Gasteiger partial charge in [-0.2, -0.15) is 0 Å². The number of nitrogens with zero attached hydrogens (tertiary/aromatic N) is 1. The molecule has 0 aliphatic carbocycles. The molecule has 3 rings (SSSR count). The van der Waals surface area contributed by atoms with E-state index < -0.39 is 29.6 Å². The van der Waals surface area contributed by atoms with Gasteiger partial charge in [-0.3, -0.25) is 14.2 Å². The van der Waals surface area contributed by atoms with E-state index in [4.69, 9.17) is 9.47 Å². The SMILES string of the molecule is COC(=O)[C@@H](Cc1cn(C(=O)OC(C)(C)C)c2ccccc12)NC(=O)CCC(=O)N[C@H](C)c1ccccc1. The van der Waals surface area contributed by atoms with Crippen molar-refractivity contribution in [3.8, 4) is 0 Å². The van der Waals surface area contributed by atoms with Gasteiger partial charge in [-0.15, -0.1) is 0 Å². The van der Waals surface area contributed by atoms with Gasteiger partial charge >= 0.3 is 12.1 Å². The number of ether oxygens (including phenoxy) is 2. The Morgan fingerprint density at radius 2 is 1.50 bits per heavy atom. The van der Waals surface area contributed by atoms with Crippen LogP contribution < -0.4 is 10.6 Å². The number of hydrogen-bond acceptors (Lipinski definition) is 6. The fourth-order valence-electron chi connectivity index (χ4n) is 4.06. The Labute approximate surface area is 222 Å². The van der Waals surface area contributed by atoms with Gasteiger partial charge in [0.25, 0.3) is 0 Å². The van der Waals surface area contributed by atoms with Crippen LogP contribution in [-0.2, 0) is 30.3 Å². The van der Waals surface area contributed by atoms with Gasteiger partial charge in [0.2, 0.25) is 11.8 Å². The van der Waals surface area contributed by atoms with Crippen molar-refractivity contribution in [2.24, 2.45) is 0 Å². The van der Waals surface area contributed by atoms with Gasteiger partial charge < -0.3 is 20.1 Å². The maximum absolute atomic E-state index is 12.8. The average Bonchev–Trinajstić information content (AvgIpc) is 3.24. The first-order valence-electron chi connectivity index (χ1n) is 12.5. The lowest BCUT2D eigenvalue weighted by atomic mass is 10.0. The molecule has 202 valence electrons. The molecule has 0 radical (unpaired) electrons. The van der Waals surface area contributed by atoms with Gasteiger partial charge in [-0.25, -0.2) is 9.59 Å². The van der Waals surface area contributed by atoms with Gasteiger partial charge in [0.1, 0.15) is 11.6 Å². The highest BCUT2D eigenvalue weighted by atomic mass is 16.6. The summed E-state index contributed by atoms with van der Waals surface area (Å²) >= 11 is 0. The third kappa shape index (κ3) is 7.68. The van der Waals surface area contributed by atoms with Gasteiger partial charge in [0, 0.05) is 30.8 Å². The Bertz CT molecular complexity index is 1290. The maximum atomic E-state index is 12.8. The summed E-state index contributed by atoms with van der Waals surface area (Å²) < 4.78 is 11.8. The van der Waals surface area contributed by atoms with Crippen LogP contribution in [0.4, 0.5) is 4.79 Å². The predicted octanol–water partition coefficient (Wildman–Crippen LogP) is 4.28. The minimum absolute atomic E-state index is 0.0329. The lowest BCUT2D eigenvalue weighted by Crippen LogP contribution is -2.43. The molecule has 0 bridgehead atoms. The smallest absolute Gasteiger partial charge is 0.419 e. The summed E-state index contributed by atoms with van der Waals surface area (Å²) in [5, 5.41) is 6.30. The third-order valence-electron chi connectivity index (χ3n) is 5.89.